The number of fused-ring (bicyclic) bond motifs is 1. The van der Waals surface area contributed by atoms with Crippen LogP contribution in [0.5, 0.6) is 0 Å². The molecule has 1 saturated heterocycles. The standard InChI is InChI=1S/C22H36N6S/c1-16(2)23-12-7-9-18-17(3)29-21(24-18)15-27-13-8-10-19(27)22-26-25-20-11-5-4-6-14-28(20)22/h16,19,23H,4-15H2,1-3H3. The van der Waals surface area contributed by atoms with E-state index in [-0.39, 0.29) is 0 Å². The summed E-state index contributed by atoms with van der Waals surface area (Å²) < 4.78 is 2.43. The van der Waals surface area contributed by atoms with Gasteiger partial charge in [-0.3, -0.25) is 4.90 Å². The van der Waals surface area contributed by atoms with Crippen molar-refractivity contribution in [3.63, 3.8) is 0 Å². The van der Waals surface area contributed by atoms with E-state index in [2.05, 4.69) is 45.8 Å². The molecule has 29 heavy (non-hydrogen) atoms. The number of thiazole rings is 1. The van der Waals surface area contributed by atoms with Crippen LogP contribution in [0, 0.1) is 6.92 Å². The van der Waals surface area contributed by atoms with Crippen molar-refractivity contribution in [2.75, 3.05) is 13.1 Å². The zero-order valence-corrected chi connectivity index (χ0v) is 19.1. The molecule has 0 aliphatic carbocycles. The molecule has 0 aromatic carbocycles. The third-order valence-electron chi connectivity index (χ3n) is 6.22. The Balaban J connectivity index is 1.40. The van der Waals surface area contributed by atoms with E-state index in [9.17, 15) is 0 Å². The third kappa shape index (κ3) is 5.06. The minimum absolute atomic E-state index is 0.400. The molecule has 2 aromatic rings. The van der Waals surface area contributed by atoms with Crippen LogP contribution in [0.1, 0.15) is 85.6 Å². The topological polar surface area (TPSA) is 58.9 Å². The van der Waals surface area contributed by atoms with Gasteiger partial charge in [0, 0.05) is 23.9 Å². The van der Waals surface area contributed by atoms with Gasteiger partial charge in [-0.05, 0) is 58.5 Å². The Kier molecular flexibility index (Phi) is 6.98. The predicted molar refractivity (Wildman–Crippen MR) is 118 cm³/mol. The predicted octanol–water partition coefficient (Wildman–Crippen LogP) is 4.04. The van der Waals surface area contributed by atoms with E-state index in [1.165, 1.54) is 59.3 Å². The van der Waals surface area contributed by atoms with Crippen LogP contribution < -0.4 is 5.32 Å². The molecule has 4 heterocycles. The van der Waals surface area contributed by atoms with E-state index in [4.69, 9.17) is 4.98 Å². The van der Waals surface area contributed by atoms with Crippen molar-refractivity contribution in [1.82, 2.24) is 30.0 Å². The average Bonchev–Trinajstić information content (AvgIpc) is 3.34. The number of hydrogen-bond donors (Lipinski definition) is 1. The first-order valence-corrected chi connectivity index (χ1v) is 12.3. The average molecular weight is 417 g/mol. The molecule has 6 nitrogen and oxygen atoms in total. The number of rotatable bonds is 8. The maximum atomic E-state index is 5.01. The Morgan fingerprint density at radius 1 is 1.14 bits per heavy atom. The Hall–Kier alpha value is -1.31. The van der Waals surface area contributed by atoms with Gasteiger partial charge in [0.1, 0.15) is 16.7 Å². The molecule has 1 unspecified atom stereocenters. The molecule has 0 saturated carbocycles. The highest BCUT2D eigenvalue weighted by Crippen LogP contribution is 2.34. The lowest BCUT2D eigenvalue weighted by Crippen LogP contribution is -2.25. The highest BCUT2D eigenvalue weighted by atomic mass is 32.1. The summed E-state index contributed by atoms with van der Waals surface area (Å²) in [5, 5.41) is 14.0. The van der Waals surface area contributed by atoms with E-state index in [0.717, 1.165) is 45.4 Å². The van der Waals surface area contributed by atoms with E-state index >= 15 is 0 Å². The van der Waals surface area contributed by atoms with Crippen LogP contribution in [0.25, 0.3) is 0 Å². The van der Waals surface area contributed by atoms with Crippen LogP contribution in [0.4, 0.5) is 0 Å². The number of hydrogen-bond acceptors (Lipinski definition) is 6. The number of aryl methyl sites for hydroxylation is 3. The van der Waals surface area contributed by atoms with Gasteiger partial charge >= 0.3 is 0 Å². The monoisotopic (exact) mass is 416 g/mol. The van der Waals surface area contributed by atoms with Crippen molar-refractivity contribution in [3.05, 3.63) is 27.2 Å². The van der Waals surface area contributed by atoms with Gasteiger partial charge in [0.25, 0.3) is 0 Å². The molecule has 7 heteroatoms. The van der Waals surface area contributed by atoms with E-state index in [1.807, 2.05) is 11.3 Å². The maximum Gasteiger partial charge on any atom is 0.150 e. The molecule has 2 aliphatic rings. The second kappa shape index (κ2) is 9.67. The van der Waals surface area contributed by atoms with Crippen LogP contribution in [0.2, 0.25) is 0 Å². The van der Waals surface area contributed by atoms with Crippen molar-refractivity contribution in [3.8, 4) is 0 Å². The largest absolute Gasteiger partial charge is 0.315 e. The highest BCUT2D eigenvalue weighted by Gasteiger charge is 2.32. The first kappa shape index (κ1) is 20.9. The first-order valence-electron chi connectivity index (χ1n) is 11.5. The maximum absolute atomic E-state index is 5.01. The van der Waals surface area contributed by atoms with E-state index in [0.29, 0.717) is 12.1 Å². The van der Waals surface area contributed by atoms with Crippen LogP contribution >= 0.6 is 11.3 Å². The zero-order chi connectivity index (χ0) is 20.2. The quantitative estimate of drug-likeness (QED) is 0.658. The van der Waals surface area contributed by atoms with Crippen molar-refractivity contribution in [2.24, 2.45) is 0 Å². The van der Waals surface area contributed by atoms with Gasteiger partial charge in [-0.1, -0.05) is 20.3 Å². The van der Waals surface area contributed by atoms with Gasteiger partial charge in [-0.15, -0.1) is 21.5 Å². The van der Waals surface area contributed by atoms with Crippen LogP contribution in [-0.4, -0.2) is 43.8 Å². The van der Waals surface area contributed by atoms with Gasteiger partial charge in [0.15, 0.2) is 0 Å². The molecular weight excluding hydrogens is 380 g/mol. The fourth-order valence-electron chi connectivity index (χ4n) is 4.67. The fourth-order valence-corrected chi connectivity index (χ4v) is 5.67. The summed E-state index contributed by atoms with van der Waals surface area (Å²) in [5.74, 6) is 2.40. The number of likely N-dealkylation sites (tertiary alicyclic amines) is 1. The number of aromatic nitrogens is 4. The molecule has 1 N–H and O–H groups in total. The second-order valence-electron chi connectivity index (χ2n) is 8.89. The number of nitrogens with zero attached hydrogens (tertiary/aromatic N) is 5. The molecule has 0 radical (unpaired) electrons. The Morgan fingerprint density at radius 3 is 2.90 bits per heavy atom. The van der Waals surface area contributed by atoms with Gasteiger partial charge in [0.2, 0.25) is 0 Å². The molecule has 160 valence electrons. The van der Waals surface area contributed by atoms with Crippen LogP contribution in [-0.2, 0) is 25.9 Å². The van der Waals surface area contributed by atoms with Crippen LogP contribution in [0.15, 0.2) is 0 Å². The molecule has 4 rings (SSSR count). The second-order valence-corrected chi connectivity index (χ2v) is 10.2. The fraction of sp³-hybridized carbons (Fsp3) is 0.773. The van der Waals surface area contributed by atoms with Crippen molar-refractivity contribution >= 4 is 11.3 Å². The lowest BCUT2D eigenvalue weighted by atomic mass is 10.2. The summed E-state index contributed by atoms with van der Waals surface area (Å²) in [4.78, 5) is 8.99. The summed E-state index contributed by atoms with van der Waals surface area (Å²) in [7, 11) is 0. The molecule has 0 spiro atoms. The lowest BCUT2D eigenvalue weighted by Gasteiger charge is -2.23. The van der Waals surface area contributed by atoms with Crippen molar-refractivity contribution < 1.29 is 0 Å². The first-order chi connectivity index (χ1) is 14.1. The summed E-state index contributed by atoms with van der Waals surface area (Å²) >= 11 is 1.88. The normalized spacial score (nSPS) is 20.3. The van der Waals surface area contributed by atoms with Gasteiger partial charge in [-0.2, -0.15) is 0 Å². The summed E-state index contributed by atoms with van der Waals surface area (Å²) in [6.45, 7) is 10.9. The van der Waals surface area contributed by atoms with Gasteiger partial charge < -0.3 is 9.88 Å². The molecular formula is C22H36N6S. The number of nitrogens with one attached hydrogen (secondary N) is 1. The van der Waals surface area contributed by atoms with Crippen LogP contribution in [0.3, 0.4) is 0 Å². The smallest absolute Gasteiger partial charge is 0.150 e. The molecule has 2 aliphatic heterocycles. The molecule has 2 aromatic heterocycles. The summed E-state index contributed by atoms with van der Waals surface area (Å²) in [5.41, 5.74) is 1.29. The Labute approximate surface area is 179 Å². The minimum Gasteiger partial charge on any atom is -0.315 e. The van der Waals surface area contributed by atoms with Gasteiger partial charge in [0.05, 0.1) is 18.3 Å². The Bertz CT molecular complexity index is 795. The summed E-state index contributed by atoms with van der Waals surface area (Å²) in [6, 6.07) is 0.957. The van der Waals surface area contributed by atoms with Crippen molar-refractivity contribution in [1.29, 1.82) is 0 Å². The molecule has 1 fully saturated rings. The van der Waals surface area contributed by atoms with E-state index < -0.39 is 0 Å². The molecule has 0 bridgehead atoms. The van der Waals surface area contributed by atoms with Crippen molar-refractivity contribution in [2.45, 2.75) is 97.3 Å². The van der Waals surface area contributed by atoms with E-state index in [1.54, 1.807) is 0 Å². The van der Waals surface area contributed by atoms with Gasteiger partial charge in [-0.25, -0.2) is 4.98 Å². The molecule has 1 atom stereocenters. The summed E-state index contributed by atoms with van der Waals surface area (Å²) in [6.07, 6.45) is 9.56. The third-order valence-corrected chi connectivity index (χ3v) is 7.22. The minimum atomic E-state index is 0.400. The zero-order valence-electron chi connectivity index (χ0n) is 18.3. The Morgan fingerprint density at radius 2 is 2.03 bits per heavy atom. The highest BCUT2D eigenvalue weighted by molar-refractivity contribution is 7.11. The molecule has 0 amide bonds. The SMILES string of the molecule is Cc1sc(CN2CCCC2c2nnc3n2CCCCC3)nc1CCCNC(C)C. The lowest BCUT2D eigenvalue weighted by molar-refractivity contribution is 0.233.